The molecule has 0 bridgehead atoms. The molecule has 0 spiro atoms. The molecule has 0 aromatic heterocycles. The van der Waals surface area contributed by atoms with Crippen LogP contribution < -0.4 is 0 Å². The molecule has 3 rings (SSSR count). The number of hydrogen-bond acceptors (Lipinski definition) is 5. The van der Waals surface area contributed by atoms with Crippen molar-refractivity contribution in [3.05, 3.63) is 64.7 Å². The second kappa shape index (κ2) is 16.9. The number of ketones is 2. The Balaban J connectivity index is 1.35. The first kappa shape index (κ1) is 32.3. The van der Waals surface area contributed by atoms with Crippen molar-refractivity contribution in [2.75, 3.05) is 6.61 Å². The Bertz CT molecular complexity index is 1250. The number of carbonyl (C=O) groups is 3. The van der Waals surface area contributed by atoms with Gasteiger partial charge in [0.1, 0.15) is 5.76 Å². The first-order valence-corrected chi connectivity index (χ1v) is 15.7. The molecule has 5 heteroatoms. The van der Waals surface area contributed by atoms with Gasteiger partial charge in [-0.3, -0.25) is 14.4 Å². The lowest BCUT2D eigenvalue weighted by molar-refractivity contribution is -0.144. The van der Waals surface area contributed by atoms with Gasteiger partial charge in [0.05, 0.1) is 12.2 Å². The van der Waals surface area contributed by atoms with Crippen LogP contribution in [0.2, 0.25) is 0 Å². The molecular formula is C36H48O5. The van der Waals surface area contributed by atoms with Gasteiger partial charge in [0.25, 0.3) is 0 Å². The second-order valence-electron chi connectivity index (χ2n) is 11.5. The molecule has 0 saturated heterocycles. The number of unbranched alkanes of at least 4 members (excludes halogenated alkanes) is 11. The van der Waals surface area contributed by atoms with Crippen LogP contribution in [0, 0.1) is 12.8 Å². The third-order valence-corrected chi connectivity index (χ3v) is 8.10. The van der Waals surface area contributed by atoms with E-state index in [0.29, 0.717) is 17.4 Å². The van der Waals surface area contributed by atoms with Crippen LogP contribution in [0.5, 0.6) is 0 Å². The highest BCUT2D eigenvalue weighted by atomic mass is 16.5. The van der Waals surface area contributed by atoms with E-state index in [1.165, 1.54) is 51.4 Å². The number of aliphatic hydroxyl groups is 1. The Morgan fingerprint density at radius 1 is 0.829 bits per heavy atom. The normalized spacial score (nSPS) is 14.2. The Hall–Kier alpha value is -3.21. The van der Waals surface area contributed by atoms with Crippen LogP contribution >= 0.6 is 0 Å². The molecular weight excluding hydrogens is 512 g/mol. The number of Topliss-reactive ketones (excluding diaryl/α,β-unsaturated/α-hetero) is 2. The third-order valence-electron chi connectivity index (χ3n) is 8.10. The SMILES string of the molecule is CCCCCCCC/C=C\CCCCCCCC(=O)OCC(C)C1=C(O)c2ccc3c(C)cccc3c2C(=O)C1=O. The van der Waals surface area contributed by atoms with Gasteiger partial charge in [-0.15, -0.1) is 0 Å². The number of ether oxygens (including phenoxy) is 1. The molecule has 2 aromatic rings. The number of rotatable bonds is 18. The summed E-state index contributed by atoms with van der Waals surface area (Å²) in [6.07, 6.45) is 20.5. The lowest BCUT2D eigenvalue weighted by Crippen LogP contribution is -2.29. The maximum atomic E-state index is 13.1. The fourth-order valence-corrected chi connectivity index (χ4v) is 5.62. The zero-order chi connectivity index (χ0) is 29.6. The molecule has 1 aliphatic carbocycles. The van der Waals surface area contributed by atoms with Gasteiger partial charge in [-0.1, -0.05) is 102 Å². The lowest BCUT2D eigenvalue weighted by Gasteiger charge is -2.23. The molecule has 1 aliphatic rings. The fraction of sp³-hybridized carbons (Fsp3) is 0.528. The van der Waals surface area contributed by atoms with Crippen LogP contribution in [0.3, 0.4) is 0 Å². The van der Waals surface area contributed by atoms with Gasteiger partial charge < -0.3 is 9.84 Å². The molecule has 1 N–H and O–H groups in total. The summed E-state index contributed by atoms with van der Waals surface area (Å²) in [6.45, 7) is 5.84. The number of esters is 1. The van der Waals surface area contributed by atoms with E-state index < -0.39 is 17.5 Å². The highest BCUT2D eigenvalue weighted by Gasteiger charge is 2.37. The average Bonchev–Trinajstić information content (AvgIpc) is 2.96. The minimum atomic E-state index is -0.732. The van der Waals surface area contributed by atoms with E-state index in [1.54, 1.807) is 19.1 Å². The molecule has 0 aliphatic heterocycles. The maximum Gasteiger partial charge on any atom is 0.305 e. The fourth-order valence-electron chi connectivity index (χ4n) is 5.62. The number of fused-ring (bicyclic) bond motifs is 3. The predicted molar refractivity (Wildman–Crippen MR) is 167 cm³/mol. The third kappa shape index (κ3) is 9.14. The average molecular weight is 561 g/mol. The van der Waals surface area contributed by atoms with Crippen molar-refractivity contribution in [1.82, 2.24) is 0 Å². The summed E-state index contributed by atoms with van der Waals surface area (Å²) >= 11 is 0. The summed E-state index contributed by atoms with van der Waals surface area (Å²) in [5.41, 5.74) is 1.61. The van der Waals surface area contributed by atoms with Crippen LogP contribution in [0.15, 0.2) is 48.1 Å². The summed E-state index contributed by atoms with van der Waals surface area (Å²) in [7, 11) is 0. The highest BCUT2D eigenvalue weighted by molar-refractivity contribution is 6.54. The van der Waals surface area contributed by atoms with Crippen molar-refractivity contribution in [1.29, 1.82) is 0 Å². The molecule has 1 unspecified atom stereocenters. The van der Waals surface area contributed by atoms with E-state index in [9.17, 15) is 19.5 Å². The molecule has 0 heterocycles. The van der Waals surface area contributed by atoms with Crippen molar-refractivity contribution >= 4 is 34.1 Å². The van der Waals surface area contributed by atoms with Gasteiger partial charge in [0.15, 0.2) is 0 Å². The molecule has 0 radical (unpaired) electrons. The molecule has 2 aromatic carbocycles. The van der Waals surface area contributed by atoms with Crippen LogP contribution in [0.4, 0.5) is 0 Å². The number of hydrogen-bond donors (Lipinski definition) is 1. The molecule has 0 amide bonds. The van der Waals surface area contributed by atoms with Gasteiger partial charge in [0, 0.05) is 23.5 Å². The van der Waals surface area contributed by atoms with E-state index in [-0.39, 0.29) is 29.5 Å². The van der Waals surface area contributed by atoms with E-state index >= 15 is 0 Å². The predicted octanol–water partition coefficient (Wildman–Crippen LogP) is 9.40. The van der Waals surface area contributed by atoms with Crippen LogP contribution in [0.25, 0.3) is 16.5 Å². The smallest absolute Gasteiger partial charge is 0.305 e. The van der Waals surface area contributed by atoms with Crippen molar-refractivity contribution in [3.8, 4) is 0 Å². The van der Waals surface area contributed by atoms with Crippen LogP contribution in [-0.2, 0) is 14.3 Å². The minimum Gasteiger partial charge on any atom is -0.507 e. The van der Waals surface area contributed by atoms with Crippen molar-refractivity contribution < 1.29 is 24.2 Å². The van der Waals surface area contributed by atoms with E-state index in [2.05, 4.69) is 19.1 Å². The van der Waals surface area contributed by atoms with E-state index in [4.69, 9.17) is 4.74 Å². The Labute approximate surface area is 246 Å². The number of aliphatic hydroxyl groups excluding tert-OH is 1. The van der Waals surface area contributed by atoms with Gasteiger partial charge in [-0.05, 0) is 61.4 Å². The van der Waals surface area contributed by atoms with Gasteiger partial charge in [-0.25, -0.2) is 0 Å². The summed E-state index contributed by atoms with van der Waals surface area (Å²) in [5, 5.41) is 12.5. The minimum absolute atomic E-state index is 0.0170. The van der Waals surface area contributed by atoms with Crippen LogP contribution in [-0.4, -0.2) is 29.2 Å². The van der Waals surface area contributed by atoms with Crippen molar-refractivity contribution in [2.24, 2.45) is 5.92 Å². The standard InChI is InChI=1S/C36H48O5/c1-4-5-6-7-8-9-10-11-12-13-14-15-16-17-18-22-31(37)41-25-27(3)32-34(38)30-24-23-28-26(2)20-19-21-29(28)33(30)36(40)35(32)39/h11-12,19-21,23-24,27,38H,4-10,13-18,22,25H2,1-3H3/b12-11-. The zero-order valence-corrected chi connectivity index (χ0v) is 25.3. The molecule has 0 saturated carbocycles. The number of benzene rings is 2. The first-order valence-electron chi connectivity index (χ1n) is 15.7. The Morgan fingerprint density at radius 3 is 2.15 bits per heavy atom. The summed E-state index contributed by atoms with van der Waals surface area (Å²) in [6, 6.07) is 9.13. The van der Waals surface area contributed by atoms with Crippen LogP contribution in [0.1, 0.15) is 125 Å². The monoisotopic (exact) mass is 560 g/mol. The molecule has 5 nitrogen and oxygen atoms in total. The lowest BCUT2D eigenvalue weighted by atomic mass is 9.81. The van der Waals surface area contributed by atoms with Crippen molar-refractivity contribution in [2.45, 2.75) is 111 Å². The number of allylic oxidation sites excluding steroid dienone is 2. The van der Waals surface area contributed by atoms with Crippen molar-refractivity contribution in [3.63, 3.8) is 0 Å². The summed E-state index contributed by atoms with van der Waals surface area (Å²) < 4.78 is 5.43. The molecule has 1 atom stereocenters. The van der Waals surface area contributed by atoms with Gasteiger partial charge in [-0.2, -0.15) is 0 Å². The quantitative estimate of drug-likeness (QED) is 0.0850. The zero-order valence-electron chi connectivity index (χ0n) is 25.3. The molecule has 0 fully saturated rings. The van der Waals surface area contributed by atoms with Gasteiger partial charge >= 0.3 is 5.97 Å². The largest absolute Gasteiger partial charge is 0.507 e. The first-order chi connectivity index (χ1) is 19.9. The second-order valence-corrected chi connectivity index (χ2v) is 11.5. The maximum absolute atomic E-state index is 13.1. The Kier molecular flexibility index (Phi) is 13.3. The molecule has 41 heavy (non-hydrogen) atoms. The number of aryl methyl sites for hydroxylation is 1. The van der Waals surface area contributed by atoms with E-state index in [0.717, 1.165) is 43.1 Å². The Morgan fingerprint density at radius 2 is 1.46 bits per heavy atom. The summed E-state index contributed by atoms with van der Waals surface area (Å²) in [4.78, 5) is 38.4. The van der Waals surface area contributed by atoms with Gasteiger partial charge in [0.2, 0.25) is 11.6 Å². The summed E-state index contributed by atoms with van der Waals surface area (Å²) in [5.74, 6) is -2.47. The highest BCUT2D eigenvalue weighted by Crippen LogP contribution is 2.36. The molecule has 222 valence electrons. The van der Waals surface area contributed by atoms with E-state index in [1.807, 2.05) is 25.1 Å². The number of carbonyl (C=O) groups excluding carboxylic acids is 3. The topological polar surface area (TPSA) is 80.7 Å².